The van der Waals surface area contributed by atoms with Gasteiger partial charge >= 0.3 is 5.97 Å². The second kappa shape index (κ2) is 5.58. The molecule has 0 aliphatic heterocycles. The Kier molecular flexibility index (Phi) is 4.17. The van der Waals surface area contributed by atoms with Gasteiger partial charge in [0.05, 0.1) is 16.7 Å². The Balaban J connectivity index is 2.24. The van der Waals surface area contributed by atoms with Crippen molar-refractivity contribution in [3.05, 3.63) is 33.5 Å². The number of hydrogen-bond acceptors (Lipinski definition) is 5. The summed E-state index contributed by atoms with van der Waals surface area (Å²) in [5, 5.41) is 9.67. The van der Waals surface area contributed by atoms with Crippen molar-refractivity contribution < 1.29 is 18.3 Å². The van der Waals surface area contributed by atoms with Crippen LogP contribution < -0.4 is 4.72 Å². The molecule has 0 saturated heterocycles. The third-order valence-corrected chi connectivity index (χ3v) is 5.64. The average molecular weight is 329 g/mol. The first kappa shape index (κ1) is 15.7. The van der Waals surface area contributed by atoms with Gasteiger partial charge in [0.2, 0.25) is 10.0 Å². The fourth-order valence-corrected chi connectivity index (χ4v) is 4.17. The number of rotatable bonds is 5. The van der Waals surface area contributed by atoms with Crippen molar-refractivity contribution in [3.63, 3.8) is 0 Å². The first-order chi connectivity index (χ1) is 9.70. The fraction of sp³-hybridized carbons (Fsp3) is 0.333. The molecule has 0 bridgehead atoms. The van der Waals surface area contributed by atoms with Gasteiger partial charge in [-0.15, -0.1) is 11.3 Å². The van der Waals surface area contributed by atoms with Crippen molar-refractivity contribution in [2.45, 2.75) is 31.7 Å². The average Bonchev–Trinajstić information content (AvgIpc) is 2.95. The lowest BCUT2D eigenvalue weighted by molar-refractivity contribution is 0.0691. The molecular formula is C12H15N3O4S2. The van der Waals surface area contributed by atoms with Crippen molar-refractivity contribution in [2.75, 3.05) is 0 Å². The number of aromatic amines is 1. The minimum atomic E-state index is -3.79. The minimum absolute atomic E-state index is 0.106. The maximum Gasteiger partial charge on any atom is 0.352 e. The molecular weight excluding hydrogens is 314 g/mol. The van der Waals surface area contributed by atoms with Gasteiger partial charge in [0.1, 0.15) is 10.6 Å². The normalized spacial score (nSPS) is 13.3. The van der Waals surface area contributed by atoms with Crippen LogP contribution in [0.1, 0.15) is 39.0 Å². The summed E-state index contributed by atoms with van der Waals surface area (Å²) in [6.45, 7) is 5.40. The Morgan fingerprint density at radius 2 is 2.14 bits per heavy atom. The van der Waals surface area contributed by atoms with Crippen molar-refractivity contribution >= 4 is 27.3 Å². The van der Waals surface area contributed by atoms with Crippen LogP contribution in [-0.4, -0.2) is 29.5 Å². The molecule has 7 nitrogen and oxygen atoms in total. The van der Waals surface area contributed by atoms with Gasteiger partial charge in [0, 0.05) is 11.1 Å². The molecule has 9 heteroatoms. The van der Waals surface area contributed by atoms with Crippen LogP contribution in [0.4, 0.5) is 0 Å². The highest BCUT2D eigenvalue weighted by Crippen LogP contribution is 2.26. The van der Waals surface area contributed by atoms with E-state index >= 15 is 0 Å². The largest absolute Gasteiger partial charge is 0.477 e. The van der Waals surface area contributed by atoms with Crippen LogP contribution in [0.5, 0.6) is 0 Å². The van der Waals surface area contributed by atoms with Crippen LogP contribution in [0.15, 0.2) is 17.2 Å². The molecule has 0 aliphatic carbocycles. The Bertz CT molecular complexity index is 776. The minimum Gasteiger partial charge on any atom is -0.477 e. The second-order valence-corrected chi connectivity index (χ2v) is 7.53. The SMILES string of the molecule is Cc1nc(C)c(C(C)NS(=O)(=O)c2c[nH]c(C(=O)O)c2)s1. The van der Waals surface area contributed by atoms with Crippen molar-refractivity contribution in [2.24, 2.45) is 0 Å². The highest BCUT2D eigenvalue weighted by molar-refractivity contribution is 7.89. The molecule has 1 unspecified atom stereocenters. The summed E-state index contributed by atoms with van der Waals surface area (Å²) in [4.78, 5) is 18.2. The summed E-state index contributed by atoms with van der Waals surface area (Å²) in [6.07, 6.45) is 1.16. The van der Waals surface area contributed by atoms with E-state index in [9.17, 15) is 13.2 Å². The Morgan fingerprint density at radius 3 is 2.62 bits per heavy atom. The van der Waals surface area contributed by atoms with E-state index in [4.69, 9.17) is 5.11 Å². The third-order valence-electron chi connectivity index (χ3n) is 2.86. The number of carboxylic acids is 1. The van der Waals surface area contributed by atoms with Crippen LogP contribution >= 0.6 is 11.3 Å². The topological polar surface area (TPSA) is 112 Å². The zero-order valence-electron chi connectivity index (χ0n) is 11.7. The Hall–Kier alpha value is -1.71. The number of hydrogen-bond donors (Lipinski definition) is 3. The quantitative estimate of drug-likeness (QED) is 0.774. The van der Waals surface area contributed by atoms with E-state index < -0.39 is 22.0 Å². The van der Waals surface area contributed by atoms with Crippen LogP contribution in [0.2, 0.25) is 0 Å². The molecule has 0 aromatic carbocycles. The molecule has 0 saturated carbocycles. The fourth-order valence-electron chi connectivity index (χ4n) is 1.96. The number of carbonyl (C=O) groups is 1. The summed E-state index contributed by atoms with van der Waals surface area (Å²) in [5.41, 5.74) is 0.612. The van der Waals surface area contributed by atoms with Gasteiger partial charge in [0.15, 0.2) is 0 Å². The highest BCUT2D eigenvalue weighted by atomic mass is 32.2. The van der Waals surface area contributed by atoms with E-state index in [0.29, 0.717) is 0 Å². The van der Waals surface area contributed by atoms with E-state index in [1.165, 1.54) is 11.3 Å². The Morgan fingerprint density at radius 1 is 1.48 bits per heavy atom. The molecule has 0 aliphatic rings. The number of carboxylic acid groups (broad SMARTS) is 1. The molecule has 21 heavy (non-hydrogen) atoms. The summed E-state index contributed by atoms with van der Waals surface area (Å²) < 4.78 is 27.0. The lowest BCUT2D eigenvalue weighted by atomic mass is 10.2. The van der Waals surface area contributed by atoms with Crippen LogP contribution in [0, 0.1) is 13.8 Å². The molecule has 0 radical (unpaired) electrons. The van der Waals surface area contributed by atoms with Gasteiger partial charge in [-0.05, 0) is 26.8 Å². The summed E-state index contributed by atoms with van der Waals surface area (Å²) >= 11 is 1.43. The molecule has 3 N–H and O–H groups in total. The number of nitrogens with zero attached hydrogens (tertiary/aromatic N) is 1. The van der Waals surface area contributed by atoms with E-state index in [1.54, 1.807) is 6.92 Å². The smallest absolute Gasteiger partial charge is 0.352 e. The van der Waals surface area contributed by atoms with E-state index in [0.717, 1.165) is 27.8 Å². The Labute approximate surface area is 126 Å². The molecule has 2 heterocycles. The van der Waals surface area contributed by atoms with Gasteiger partial charge < -0.3 is 10.1 Å². The summed E-state index contributed by atoms with van der Waals surface area (Å²) in [5.74, 6) is -1.21. The van der Waals surface area contributed by atoms with Crippen LogP contribution in [-0.2, 0) is 10.0 Å². The zero-order valence-corrected chi connectivity index (χ0v) is 13.3. The molecule has 0 spiro atoms. The van der Waals surface area contributed by atoms with Gasteiger partial charge in [-0.1, -0.05) is 0 Å². The van der Waals surface area contributed by atoms with E-state index in [-0.39, 0.29) is 10.6 Å². The van der Waals surface area contributed by atoms with Crippen molar-refractivity contribution in [3.8, 4) is 0 Å². The molecule has 2 rings (SSSR count). The number of thiazole rings is 1. The zero-order chi connectivity index (χ0) is 15.8. The van der Waals surface area contributed by atoms with Gasteiger partial charge in [-0.25, -0.2) is 22.9 Å². The van der Waals surface area contributed by atoms with Gasteiger partial charge in [-0.2, -0.15) is 0 Å². The van der Waals surface area contributed by atoms with E-state index in [1.807, 2.05) is 13.8 Å². The highest BCUT2D eigenvalue weighted by Gasteiger charge is 2.23. The molecule has 0 amide bonds. The first-order valence-electron chi connectivity index (χ1n) is 6.08. The van der Waals surface area contributed by atoms with Crippen LogP contribution in [0.3, 0.4) is 0 Å². The standard InChI is InChI=1S/C12H15N3O4S2/c1-6-11(20-8(3)14-6)7(2)15-21(18,19)9-4-10(12(16)17)13-5-9/h4-5,7,13,15H,1-3H3,(H,16,17). The molecule has 0 fully saturated rings. The number of aromatic carboxylic acids is 1. The van der Waals surface area contributed by atoms with Gasteiger partial charge in [0.25, 0.3) is 0 Å². The maximum absolute atomic E-state index is 12.2. The summed E-state index contributed by atoms with van der Waals surface area (Å²) in [6, 6.07) is 0.645. The third kappa shape index (κ3) is 3.31. The predicted octanol–water partition coefficient (Wildman–Crippen LogP) is 1.83. The second-order valence-electron chi connectivity index (χ2n) is 4.58. The first-order valence-corrected chi connectivity index (χ1v) is 8.38. The molecule has 1 atom stereocenters. The number of nitrogens with one attached hydrogen (secondary N) is 2. The predicted molar refractivity (Wildman–Crippen MR) is 78.1 cm³/mol. The maximum atomic E-state index is 12.2. The lowest BCUT2D eigenvalue weighted by Crippen LogP contribution is -2.26. The molecule has 114 valence electrons. The van der Waals surface area contributed by atoms with Gasteiger partial charge in [-0.3, -0.25) is 0 Å². The van der Waals surface area contributed by atoms with Crippen LogP contribution in [0.25, 0.3) is 0 Å². The van der Waals surface area contributed by atoms with E-state index in [2.05, 4.69) is 14.7 Å². The van der Waals surface area contributed by atoms with Crippen molar-refractivity contribution in [1.29, 1.82) is 0 Å². The number of H-pyrrole nitrogens is 1. The number of aromatic nitrogens is 2. The van der Waals surface area contributed by atoms with Crippen molar-refractivity contribution in [1.82, 2.24) is 14.7 Å². The lowest BCUT2D eigenvalue weighted by Gasteiger charge is -2.12. The summed E-state index contributed by atoms with van der Waals surface area (Å²) in [7, 11) is -3.79. The monoisotopic (exact) mass is 329 g/mol. The molecule has 2 aromatic rings. The number of aryl methyl sites for hydroxylation is 2. The number of sulfonamides is 1. The molecule has 2 aromatic heterocycles.